The summed E-state index contributed by atoms with van der Waals surface area (Å²) in [5.41, 5.74) is 6.60. The van der Waals surface area contributed by atoms with Crippen molar-refractivity contribution >= 4 is 28.8 Å². The van der Waals surface area contributed by atoms with Crippen LogP contribution in [0.15, 0.2) is 48.5 Å². The number of phenolic OH excluding ortho intramolecular Hbond substituents is 1. The minimum atomic E-state index is -1.52. The zero-order valence-electron chi connectivity index (χ0n) is 17.8. The van der Waals surface area contributed by atoms with Gasteiger partial charge in [0.2, 0.25) is 0 Å². The number of carbonyl (C=O) groups is 2. The minimum absolute atomic E-state index is 0.0145. The van der Waals surface area contributed by atoms with Crippen LogP contribution in [0.25, 0.3) is 33.5 Å². The topological polar surface area (TPSA) is 173 Å². The number of aromatic amines is 1. The van der Waals surface area contributed by atoms with Crippen LogP contribution in [0.4, 0.5) is 8.78 Å². The number of hydrogen-bond donors (Lipinski definition) is 6. The van der Waals surface area contributed by atoms with E-state index in [9.17, 15) is 33.7 Å². The molecule has 0 aliphatic rings. The normalized spacial score (nSPS) is 11.9. The summed E-state index contributed by atoms with van der Waals surface area (Å²) in [5.74, 6) is -6.72. The van der Waals surface area contributed by atoms with Gasteiger partial charge in [0.05, 0.1) is 28.9 Å². The number of amidine groups is 1. The van der Waals surface area contributed by atoms with Crippen molar-refractivity contribution in [2.75, 3.05) is 0 Å². The highest BCUT2D eigenvalue weighted by Crippen LogP contribution is 2.41. The summed E-state index contributed by atoms with van der Waals surface area (Å²) in [6, 6.07) is 9.71. The Kier molecular flexibility index (Phi) is 5.91. The van der Waals surface area contributed by atoms with Crippen molar-refractivity contribution in [3.63, 3.8) is 0 Å². The smallest absolute Gasteiger partial charge is 0.311 e. The fourth-order valence-corrected chi connectivity index (χ4v) is 3.79. The third-order valence-electron chi connectivity index (χ3n) is 5.43. The number of imidazole rings is 1. The molecule has 0 amide bonds. The van der Waals surface area contributed by atoms with Crippen molar-refractivity contribution in [2.45, 2.75) is 12.3 Å². The van der Waals surface area contributed by atoms with Gasteiger partial charge in [-0.1, -0.05) is 0 Å². The third-order valence-corrected chi connectivity index (χ3v) is 5.43. The predicted octanol–water partition coefficient (Wildman–Crippen LogP) is 3.81. The summed E-state index contributed by atoms with van der Waals surface area (Å²) in [5, 5.41) is 37.5. The lowest BCUT2D eigenvalue weighted by molar-refractivity contribution is -0.145. The lowest BCUT2D eigenvalue weighted by Gasteiger charge is -2.16. The molecule has 4 aromatic rings. The van der Waals surface area contributed by atoms with Gasteiger partial charge in [-0.25, -0.2) is 13.8 Å². The molecule has 3 aromatic carbocycles. The number of benzene rings is 3. The lowest BCUT2D eigenvalue weighted by Crippen LogP contribution is -2.16. The van der Waals surface area contributed by atoms with E-state index in [1.54, 1.807) is 18.2 Å². The first-order valence-corrected chi connectivity index (χ1v) is 10.2. The highest BCUT2D eigenvalue weighted by Gasteiger charge is 2.27. The van der Waals surface area contributed by atoms with E-state index < -0.39 is 41.7 Å². The number of phenols is 1. The van der Waals surface area contributed by atoms with E-state index in [-0.39, 0.29) is 33.9 Å². The van der Waals surface area contributed by atoms with Gasteiger partial charge >= 0.3 is 11.9 Å². The second-order valence-corrected chi connectivity index (χ2v) is 7.84. The van der Waals surface area contributed by atoms with Gasteiger partial charge in [0.25, 0.3) is 0 Å². The minimum Gasteiger partial charge on any atom is -0.507 e. The highest BCUT2D eigenvalue weighted by molar-refractivity contribution is 5.98. The summed E-state index contributed by atoms with van der Waals surface area (Å²) in [7, 11) is 0. The largest absolute Gasteiger partial charge is 0.507 e. The number of rotatable bonds is 7. The Labute approximate surface area is 196 Å². The van der Waals surface area contributed by atoms with Gasteiger partial charge in [0.1, 0.15) is 29.0 Å². The second kappa shape index (κ2) is 8.86. The Morgan fingerprint density at radius 2 is 1.69 bits per heavy atom. The summed E-state index contributed by atoms with van der Waals surface area (Å²) in [6.45, 7) is 0. The Morgan fingerprint density at radius 1 is 1.03 bits per heavy atom. The molecule has 0 saturated heterocycles. The van der Waals surface area contributed by atoms with Crippen LogP contribution in [0.2, 0.25) is 0 Å². The number of hydrogen-bond acceptors (Lipinski definition) is 5. The number of nitrogen functional groups attached to an aromatic ring is 1. The molecule has 1 unspecified atom stereocenters. The lowest BCUT2D eigenvalue weighted by atomic mass is 9.89. The molecule has 11 heteroatoms. The number of carboxylic acid groups (broad SMARTS) is 2. The van der Waals surface area contributed by atoms with Gasteiger partial charge in [-0.15, -0.1) is 0 Å². The van der Waals surface area contributed by atoms with E-state index in [0.717, 1.165) is 12.1 Å². The Morgan fingerprint density at radius 3 is 2.29 bits per heavy atom. The van der Waals surface area contributed by atoms with Crippen LogP contribution in [0.3, 0.4) is 0 Å². The van der Waals surface area contributed by atoms with Crippen molar-refractivity contribution in [3.05, 3.63) is 71.3 Å². The van der Waals surface area contributed by atoms with Crippen LogP contribution in [-0.4, -0.2) is 43.1 Å². The molecule has 9 nitrogen and oxygen atoms in total. The molecule has 7 N–H and O–H groups in total. The molecule has 35 heavy (non-hydrogen) atoms. The van der Waals surface area contributed by atoms with Gasteiger partial charge in [-0.3, -0.25) is 15.0 Å². The van der Waals surface area contributed by atoms with Gasteiger partial charge < -0.3 is 26.0 Å². The molecular weight excluding hydrogens is 462 g/mol. The maximum Gasteiger partial charge on any atom is 0.311 e. The molecule has 1 aromatic heterocycles. The number of nitrogens with one attached hydrogen (secondary N) is 2. The standard InChI is InChI=1S/C24H18F2N4O5/c25-13-3-11(4-14(26)8-13)15-5-12(16(24(34)35)9-20(31)32)6-17(21(15)33)23-29-18-2-1-10(22(27)28)7-19(18)30-23/h1-8,16,33H,9H2,(H3,27,28)(H,29,30)(H,31,32)(H,34,35). The van der Waals surface area contributed by atoms with Crippen molar-refractivity contribution < 1.29 is 33.7 Å². The van der Waals surface area contributed by atoms with Crippen LogP contribution in [0.5, 0.6) is 5.75 Å². The van der Waals surface area contributed by atoms with Crippen LogP contribution in [0, 0.1) is 17.0 Å². The number of aromatic hydroxyl groups is 1. The number of aromatic nitrogens is 2. The first-order valence-electron chi connectivity index (χ1n) is 10.2. The molecule has 0 fully saturated rings. The zero-order valence-corrected chi connectivity index (χ0v) is 17.8. The number of carboxylic acids is 2. The molecule has 1 atom stereocenters. The molecule has 0 aliphatic heterocycles. The number of nitrogens with zero attached hydrogens (tertiary/aromatic N) is 1. The zero-order chi connectivity index (χ0) is 25.4. The number of H-pyrrole nitrogens is 1. The van der Waals surface area contributed by atoms with Crippen molar-refractivity contribution in [1.82, 2.24) is 9.97 Å². The first-order chi connectivity index (χ1) is 16.5. The molecule has 178 valence electrons. The monoisotopic (exact) mass is 480 g/mol. The van der Waals surface area contributed by atoms with Gasteiger partial charge in [0, 0.05) is 17.2 Å². The Hall–Kier alpha value is -4.80. The third kappa shape index (κ3) is 4.64. The van der Waals surface area contributed by atoms with E-state index >= 15 is 0 Å². The summed E-state index contributed by atoms with van der Waals surface area (Å²) >= 11 is 0. The molecule has 0 spiro atoms. The maximum atomic E-state index is 13.9. The predicted molar refractivity (Wildman–Crippen MR) is 122 cm³/mol. The average Bonchev–Trinajstić information content (AvgIpc) is 3.20. The van der Waals surface area contributed by atoms with Gasteiger partial charge in [-0.05, 0) is 53.6 Å². The quantitative estimate of drug-likeness (QED) is 0.172. The molecule has 4 rings (SSSR count). The van der Waals surface area contributed by atoms with E-state index in [2.05, 4.69) is 9.97 Å². The summed E-state index contributed by atoms with van der Waals surface area (Å²) in [4.78, 5) is 30.5. The molecule has 1 heterocycles. The fraction of sp³-hybridized carbons (Fsp3) is 0.0833. The molecular formula is C24H18F2N4O5. The van der Waals surface area contributed by atoms with Crippen molar-refractivity contribution in [3.8, 4) is 28.3 Å². The average molecular weight is 480 g/mol. The van der Waals surface area contributed by atoms with Crippen LogP contribution in [0.1, 0.15) is 23.5 Å². The van der Waals surface area contributed by atoms with Crippen LogP contribution in [-0.2, 0) is 9.59 Å². The Bertz CT molecular complexity index is 1500. The number of halogens is 2. The molecule has 0 saturated carbocycles. The van der Waals surface area contributed by atoms with E-state index in [0.29, 0.717) is 22.7 Å². The summed E-state index contributed by atoms with van der Waals surface area (Å²) < 4.78 is 27.9. The van der Waals surface area contributed by atoms with Crippen molar-refractivity contribution in [1.29, 1.82) is 5.41 Å². The first kappa shape index (κ1) is 23.4. The van der Waals surface area contributed by atoms with Crippen LogP contribution >= 0.6 is 0 Å². The SMILES string of the molecule is N=C(N)c1ccc2nc(-c3cc(C(CC(=O)O)C(=O)O)cc(-c4cc(F)cc(F)c4)c3O)[nH]c2c1. The molecule has 0 aliphatic carbocycles. The maximum absolute atomic E-state index is 13.9. The number of nitrogens with two attached hydrogens (primary N) is 1. The molecule has 0 radical (unpaired) electrons. The van der Waals surface area contributed by atoms with E-state index in [1.165, 1.54) is 12.1 Å². The summed E-state index contributed by atoms with van der Waals surface area (Å²) in [6.07, 6.45) is -0.765. The van der Waals surface area contributed by atoms with Crippen molar-refractivity contribution in [2.24, 2.45) is 5.73 Å². The van der Waals surface area contributed by atoms with E-state index in [4.69, 9.17) is 11.1 Å². The second-order valence-electron chi connectivity index (χ2n) is 7.84. The number of fused-ring (bicyclic) bond motifs is 1. The van der Waals surface area contributed by atoms with Crippen LogP contribution < -0.4 is 5.73 Å². The fourth-order valence-electron chi connectivity index (χ4n) is 3.79. The highest BCUT2D eigenvalue weighted by atomic mass is 19.1. The van der Waals surface area contributed by atoms with Gasteiger partial charge in [-0.2, -0.15) is 0 Å². The Balaban J connectivity index is 1.98. The molecule has 0 bridgehead atoms. The van der Waals surface area contributed by atoms with E-state index in [1.807, 2.05) is 0 Å². The number of aliphatic carboxylic acids is 2. The van der Waals surface area contributed by atoms with Gasteiger partial charge in [0.15, 0.2) is 0 Å².